The molecule has 8 heavy (non-hydrogen) atoms. The van der Waals surface area contributed by atoms with Crippen LogP contribution in [0, 0.1) is 0 Å². The van der Waals surface area contributed by atoms with Crippen LogP contribution in [0.25, 0.3) is 5.43 Å². The van der Waals surface area contributed by atoms with Crippen LogP contribution in [-0.2, 0) is 0 Å². The van der Waals surface area contributed by atoms with Crippen LogP contribution in [-0.4, -0.2) is 17.5 Å². The van der Waals surface area contributed by atoms with Crippen molar-refractivity contribution in [3.63, 3.8) is 0 Å². The van der Waals surface area contributed by atoms with Crippen molar-refractivity contribution in [1.82, 2.24) is 10.7 Å². The highest BCUT2D eigenvalue weighted by molar-refractivity contribution is 5.91. The Bertz CT molecular complexity index is 109. The van der Waals surface area contributed by atoms with Gasteiger partial charge in [-0.15, -0.1) is 0 Å². The van der Waals surface area contributed by atoms with Gasteiger partial charge in [-0.2, -0.15) is 0 Å². The molecule has 0 atom stereocenters. The van der Waals surface area contributed by atoms with Gasteiger partial charge in [-0.3, -0.25) is 0 Å². The number of nitrogens with zero attached hydrogens (tertiary/aromatic N) is 3. The zero-order valence-electron chi connectivity index (χ0n) is 5.05. The van der Waals surface area contributed by atoms with E-state index in [-0.39, 0.29) is 0 Å². The molecule has 1 heterocycles. The molecule has 1 aliphatic rings. The highest BCUT2D eigenvalue weighted by atomic mass is 15.9. The Labute approximate surface area is 48.5 Å². The maximum atomic E-state index is 3.98. The second-order valence-electron chi connectivity index (χ2n) is 1.57. The molecule has 0 spiro atoms. The fourth-order valence-corrected chi connectivity index (χ4v) is 0.491. The van der Waals surface area contributed by atoms with Crippen molar-refractivity contribution < 1.29 is 0 Å². The second-order valence-corrected chi connectivity index (χ2v) is 1.57. The van der Waals surface area contributed by atoms with Gasteiger partial charge in [0.2, 0.25) is 0 Å². The minimum atomic E-state index is 0.784. The zero-order valence-corrected chi connectivity index (χ0v) is 5.05. The van der Waals surface area contributed by atoms with Crippen LogP contribution in [0.4, 0.5) is 0 Å². The lowest BCUT2D eigenvalue weighted by atomic mass is 10.7. The quantitative estimate of drug-likeness (QED) is 0.536. The molecule has 1 N–H and O–H groups in total. The van der Waals surface area contributed by atoms with Crippen molar-refractivity contribution in [3.05, 3.63) is 5.43 Å². The van der Waals surface area contributed by atoms with Crippen molar-refractivity contribution >= 4 is 5.84 Å². The van der Waals surface area contributed by atoms with Crippen molar-refractivity contribution in [2.24, 2.45) is 5.10 Å². The molecule has 4 heteroatoms. The van der Waals surface area contributed by atoms with Crippen molar-refractivity contribution in [1.29, 1.82) is 0 Å². The Morgan fingerprint density at radius 2 is 2.62 bits per heavy atom. The van der Waals surface area contributed by atoms with E-state index < -0.39 is 0 Å². The number of rotatable bonds is 1. The molecule has 1 aliphatic heterocycles. The number of hydrogen-bond donors (Lipinski definition) is 1. The first kappa shape index (κ1) is 5.37. The minimum absolute atomic E-state index is 0.784. The molecule has 4 nitrogen and oxygen atoms in total. The van der Waals surface area contributed by atoms with Crippen LogP contribution in [0.2, 0.25) is 0 Å². The van der Waals surface area contributed by atoms with Gasteiger partial charge in [0.05, 0.1) is 0 Å². The molecule has 0 saturated carbocycles. The van der Waals surface area contributed by atoms with E-state index in [9.17, 15) is 0 Å². The van der Waals surface area contributed by atoms with Gasteiger partial charge < -0.3 is 15.6 Å². The smallest absolute Gasteiger partial charge is 0.0302 e. The van der Waals surface area contributed by atoms with Crippen molar-refractivity contribution in [2.45, 2.75) is 13.8 Å². The van der Waals surface area contributed by atoms with Crippen molar-refractivity contribution in [3.8, 4) is 0 Å². The first-order valence-corrected chi connectivity index (χ1v) is 2.62. The molecular weight excluding hydrogens is 104 g/mol. The van der Waals surface area contributed by atoms with Gasteiger partial charge in [0.1, 0.15) is 0 Å². The Morgan fingerprint density at radius 1 is 1.88 bits per heavy atom. The third kappa shape index (κ3) is 0.894. The summed E-state index contributed by atoms with van der Waals surface area (Å²) >= 11 is 0. The van der Waals surface area contributed by atoms with Gasteiger partial charge >= 0.3 is 0 Å². The molecule has 0 aromatic rings. The molecule has 0 aliphatic carbocycles. The fourth-order valence-electron chi connectivity index (χ4n) is 0.491. The molecule has 0 saturated heterocycles. The monoisotopic (exact) mass is 113 g/mol. The topological polar surface area (TPSA) is 41.7 Å². The Morgan fingerprint density at radius 3 is 2.88 bits per heavy atom. The number of nitrogens with one attached hydrogen (secondary N) is 1. The van der Waals surface area contributed by atoms with E-state index in [1.54, 1.807) is 5.12 Å². The highest BCUT2D eigenvalue weighted by Crippen LogP contribution is 1.99. The maximum absolute atomic E-state index is 3.98. The molecule has 0 bridgehead atoms. The third-order valence-electron chi connectivity index (χ3n) is 0.892. The Kier molecular flexibility index (Phi) is 1.34. The van der Waals surface area contributed by atoms with Gasteiger partial charge in [0, 0.05) is 6.54 Å². The summed E-state index contributed by atoms with van der Waals surface area (Å²) in [5, 5.41) is 5.66. The number of hydrogen-bond acceptors (Lipinski definition) is 3. The summed E-state index contributed by atoms with van der Waals surface area (Å²) in [7, 11) is 0. The third-order valence-corrected chi connectivity index (χ3v) is 0.892. The van der Waals surface area contributed by atoms with E-state index in [0.717, 1.165) is 12.4 Å². The molecule has 0 radical (unpaired) electrons. The molecule has 0 fully saturated rings. The summed E-state index contributed by atoms with van der Waals surface area (Å²) in [6, 6.07) is 0. The van der Waals surface area contributed by atoms with E-state index in [1.807, 2.05) is 13.8 Å². The fraction of sp³-hybridized carbons (Fsp3) is 0.750. The van der Waals surface area contributed by atoms with E-state index in [4.69, 9.17) is 0 Å². The lowest BCUT2D eigenvalue weighted by molar-refractivity contribution is 0.259. The van der Waals surface area contributed by atoms with Crippen LogP contribution in [0.1, 0.15) is 13.8 Å². The standard InChI is InChI=1S/C4H9N4/c1-3-8-6-4(2)5-7-8/h7H,3H2,1-2H3/q-1. The predicted octanol–water partition coefficient (Wildman–Crippen LogP) is 0.449. The summed E-state index contributed by atoms with van der Waals surface area (Å²) in [5.74, 6) is 0.784. The van der Waals surface area contributed by atoms with E-state index in [1.165, 1.54) is 0 Å². The zero-order chi connectivity index (χ0) is 5.98. The van der Waals surface area contributed by atoms with Gasteiger partial charge in [-0.05, 0) is 13.8 Å². The lowest BCUT2D eigenvalue weighted by Crippen LogP contribution is -2.24. The molecule has 1 rings (SSSR count). The Balaban J connectivity index is 2.41. The molecular formula is C4H9N4-. The minimum Gasteiger partial charge on any atom is -0.386 e. The average Bonchev–Trinajstić information content (AvgIpc) is 2.14. The van der Waals surface area contributed by atoms with E-state index in [2.05, 4.69) is 16.1 Å². The molecule has 46 valence electrons. The molecule has 0 aromatic heterocycles. The summed E-state index contributed by atoms with van der Waals surface area (Å²) in [5.41, 5.74) is 6.52. The summed E-state index contributed by atoms with van der Waals surface area (Å²) < 4.78 is 0. The highest BCUT2D eigenvalue weighted by Gasteiger charge is 1.91. The Hall–Kier alpha value is -0.770. The number of hydrazone groups is 1. The van der Waals surface area contributed by atoms with Gasteiger partial charge in [-0.1, -0.05) is 5.84 Å². The molecule has 0 unspecified atom stereocenters. The normalized spacial score (nSPS) is 18.2. The first-order chi connectivity index (χ1) is 3.83. The van der Waals surface area contributed by atoms with Crippen LogP contribution in [0.5, 0.6) is 0 Å². The molecule has 0 amide bonds. The van der Waals surface area contributed by atoms with Gasteiger partial charge in [-0.25, -0.2) is 5.53 Å². The maximum Gasteiger partial charge on any atom is 0.0302 e. The van der Waals surface area contributed by atoms with Crippen LogP contribution in [0.15, 0.2) is 5.10 Å². The summed E-state index contributed by atoms with van der Waals surface area (Å²) in [4.78, 5) is 0. The van der Waals surface area contributed by atoms with E-state index in [0.29, 0.717) is 0 Å². The summed E-state index contributed by atoms with van der Waals surface area (Å²) in [6.45, 7) is 4.70. The van der Waals surface area contributed by atoms with Gasteiger partial charge in [0.15, 0.2) is 0 Å². The predicted molar refractivity (Wildman–Crippen MR) is 32.0 cm³/mol. The van der Waals surface area contributed by atoms with Crippen LogP contribution < -0.4 is 5.53 Å². The lowest BCUT2D eigenvalue weighted by Gasteiger charge is -2.17. The first-order valence-electron chi connectivity index (χ1n) is 2.62. The largest absolute Gasteiger partial charge is 0.386 e. The second kappa shape index (κ2) is 2.00. The van der Waals surface area contributed by atoms with Crippen molar-refractivity contribution in [2.75, 3.05) is 6.54 Å². The van der Waals surface area contributed by atoms with Gasteiger partial charge in [0.25, 0.3) is 0 Å². The molecule has 0 aromatic carbocycles. The van der Waals surface area contributed by atoms with Crippen LogP contribution >= 0.6 is 0 Å². The van der Waals surface area contributed by atoms with E-state index >= 15 is 0 Å². The number of hydrazine groups is 1. The SMILES string of the molecule is CCN1N=C(C)[N-]N1. The average molecular weight is 113 g/mol. The van der Waals surface area contributed by atoms with Crippen LogP contribution in [0.3, 0.4) is 0 Å². The summed E-state index contributed by atoms with van der Waals surface area (Å²) in [6.07, 6.45) is 0. The number of amidine groups is 1.